The molecule has 0 aliphatic carbocycles. The standard InChI is InChI=1S/3C22H26N8O11P2S2/c3*1-8-27-18-9(20(33)28-8)2-3-29(18)22-16-13(31)10(38-22)4-36-42(34,44)40-15-11(5-37-43(35,45)41-16)39-21(14(15)32)30-7-26-12-17(23)24-6-25-19(12)30/h3*2-3,6-7,10-11,13-16,21-22,31-32H,4-5H2,1H3,(H,34,44)(H,35,45)(H2,23,24,25)(H,27,28,33)/t3*10-,11-,13?,14?,15+,16+,21-,22-,42?,43?/m111/s1. The van der Waals surface area contributed by atoms with E-state index in [0.717, 1.165) is 0 Å². The van der Waals surface area contributed by atoms with Crippen molar-refractivity contribution in [3.05, 3.63) is 123 Å². The van der Waals surface area contributed by atoms with Crippen LogP contribution in [0.4, 0.5) is 17.5 Å². The molecule has 12 unspecified atom stereocenters. The molecule has 9 aliphatic heterocycles. The number of hydrogen-bond acceptors (Lipinski definition) is 48. The number of nitrogens with two attached hydrogens (primary N) is 3. The molecular weight excluding hydrogens is 2040 g/mol. The predicted molar refractivity (Wildman–Crippen MR) is 478 cm³/mol. The van der Waals surface area contributed by atoms with Gasteiger partial charge < -0.3 is 152 Å². The third kappa shape index (κ3) is 19.0. The molecule has 20 N–H and O–H groups in total. The maximum Gasteiger partial charge on any atom is 0.386 e. The Morgan fingerprint density at radius 1 is 0.348 bits per heavy atom. The summed E-state index contributed by atoms with van der Waals surface area (Å²) in [6.07, 6.45) is -19.3. The van der Waals surface area contributed by atoms with Gasteiger partial charge in [0, 0.05) is 18.6 Å². The van der Waals surface area contributed by atoms with Crippen LogP contribution < -0.4 is 33.9 Å². The molecule has 12 aromatic heterocycles. The monoisotopic (exact) mass is 2110 g/mol. The quantitative estimate of drug-likeness (QED) is 0.0665. The summed E-state index contributed by atoms with van der Waals surface area (Å²) in [5.74, 6) is 1.28. The van der Waals surface area contributed by atoms with Gasteiger partial charge in [-0.15, -0.1) is 0 Å². The molecule has 21 heterocycles. The summed E-state index contributed by atoms with van der Waals surface area (Å²) in [7, 11) is 0. The van der Waals surface area contributed by atoms with Crippen LogP contribution in [0.15, 0.2) is 89.1 Å². The molecule has 9 fully saturated rings. The second-order valence-electron chi connectivity index (χ2n) is 31.4. The fraction of sp³-hybridized carbons (Fsp3) is 0.500. The Morgan fingerprint density at radius 2 is 0.600 bits per heavy atom. The van der Waals surface area contributed by atoms with Gasteiger partial charge in [0.15, 0.2) is 71.8 Å². The lowest BCUT2D eigenvalue weighted by Gasteiger charge is -2.28. The number of nitrogens with zero attached hydrogens (tertiary/aromatic N) is 18. The number of aliphatic hydroxyl groups is 6. The Balaban J connectivity index is 0.000000130. The minimum Gasteiger partial charge on any atom is -0.387 e. The van der Waals surface area contributed by atoms with Gasteiger partial charge in [0.25, 0.3) is 16.7 Å². The average Bonchev–Trinajstić information content (AvgIpc) is 1.63. The number of nitrogens with one attached hydrogen (secondary N) is 3. The Labute approximate surface area is 783 Å². The number of hydrogen-bond donors (Lipinski definition) is 18. The van der Waals surface area contributed by atoms with Crippen LogP contribution in [-0.2, 0) is 146 Å². The topological polar surface area (TPSA) is 767 Å². The van der Waals surface area contributed by atoms with Crippen molar-refractivity contribution in [3.8, 4) is 0 Å². The molecule has 6 bridgehead atoms. The van der Waals surface area contributed by atoms with Gasteiger partial charge in [0.2, 0.25) is 0 Å². The summed E-state index contributed by atoms with van der Waals surface area (Å²) >= 11 is 30.4. The Kier molecular flexibility index (Phi) is 26.6. The number of anilines is 3. The van der Waals surface area contributed by atoms with Crippen molar-refractivity contribution in [2.24, 2.45) is 0 Å². The lowest BCUT2D eigenvalue weighted by atomic mass is 10.1. The van der Waals surface area contributed by atoms with Crippen LogP contribution in [0, 0.1) is 20.8 Å². The summed E-state index contributed by atoms with van der Waals surface area (Å²) < 4.78 is 126. The van der Waals surface area contributed by atoms with E-state index in [-0.39, 0.29) is 84.0 Å². The minimum absolute atomic E-state index is 0.101. The third-order valence-corrected chi connectivity index (χ3v) is 32.1. The van der Waals surface area contributed by atoms with Crippen LogP contribution >= 0.6 is 52.6 Å². The molecule has 726 valence electrons. The first-order valence-corrected chi connectivity index (χ1v) is 55.6. The van der Waals surface area contributed by atoms with Crippen molar-refractivity contribution in [1.82, 2.24) is 102 Å². The number of fused-ring (bicyclic) bond motifs is 15. The van der Waals surface area contributed by atoms with Gasteiger partial charge in [-0.2, -0.15) is 0 Å². The van der Waals surface area contributed by atoms with Crippen LogP contribution in [-0.4, -0.2) is 307 Å². The number of aryl methyl sites for hydroxylation is 3. The number of nitrogen functional groups attached to an aromatic ring is 3. The fourth-order valence-corrected chi connectivity index (χ4v) is 25.2. The van der Waals surface area contributed by atoms with E-state index in [2.05, 4.69) is 87.0 Å². The highest BCUT2D eigenvalue weighted by Gasteiger charge is 2.58. The van der Waals surface area contributed by atoms with E-state index in [1.54, 1.807) is 20.8 Å². The number of H-pyrrole nitrogens is 3. The molecule has 69 heteroatoms. The molecule has 21 rings (SSSR count). The molecule has 0 amide bonds. The van der Waals surface area contributed by atoms with Crippen LogP contribution in [0.2, 0.25) is 0 Å². The Bertz CT molecular complexity index is 6480. The second-order valence-corrected chi connectivity index (χ2v) is 48.3. The van der Waals surface area contributed by atoms with Crippen LogP contribution in [0.5, 0.6) is 0 Å². The highest BCUT2D eigenvalue weighted by Crippen LogP contribution is 2.61. The number of imidazole rings is 3. The Hall–Kier alpha value is -7.02. The predicted octanol–water partition coefficient (Wildman–Crippen LogP) is -1.51. The van der Waals surface area contributed by atoms with Gasteiger partial charge in [0.1, 0.15) is 180 Å². The molecule has 0 aromatic carbocycles. The number of aromatic amines is 3. The number of rotatable bonds is 6. The van der Waals surface area contributed by atoms with Crippen molar-refractivity contribution >= 4 is 196 Å². The highest BCUT2D eigenvalue weighted by molar-refractivity contribution is 8.44. The molecule has 9 aliphatic rings. The summed E-state index contributed by atoms with van der Waals surface area (Å²) in [6, 6.07) is 4.51. The lowest BCUT2D eigenvalue weighted by molar-refractivity contribution is -0.0605. The van der Waals surface area contributed by atoms with Gasteiger partial charge in [-0.3, -0.25) is 59.8 Å². The summed E-state index contributed by atoms with van der Waals surface area (Å²) in [4.78, 5) is 150. The molecule has 12 aromatic rings. The van der Waals surface area contributed by atoms with Crippen molar-refractivity contribution in [1.29, 1.82) is 0 Å². The second kappa shape index (κ2) is 37.1. The number of aliphatic hydroxyl groups excluding tert-OH is 6. The fourth-order valence-electron chi connectivity index (χ4n) is 16.6. The van der Waals surface area contributed by atoms with Gasteiger partial charge in [0.05, 0.1) is 74.8 Å². The molecular formula is C66H78N24O33P6S6. The van der Waals surface area contributed by atoms with Crippen molar-refractivity contribution in [3.63, 3.8) is 0 Å². The molecule has 135 heavy (non-hydrogen) atoms. The molecule has 0 saturated carbocycles. The molecule has 0 radical (unpaired) electrons. The van der Waals surface area contributed by atoms with E-state index in [0.29, 0.717) is 17.5 Å². The maximum atomic E-state index is 13.6. The van der Waals surface area contributed by atoms with E-state index >= 15 is 0 Å². The lowest BCUT2D eigenvalue weighted by Crippen LogP contribution is -2.36. The zero-order chi connectivity index (χ0) is 95.5. The molecule has 30 atom stereocenters. The van der Waals surface area contributed by atoms with Gasteiger partial charge in [-0.1, -0.05) is 12.2 Å². The normalized spacial score (nSPS) is 37.7. The largest absolute Gasteiger partial charge is 0.387 e. The SMILES string of the molecule is Cc1nc2c(ccn2[C@@H]2O[C@@H]3COP(O)(=S)O[C@@H]4C(O)[C@H](n5cnc6c(N)ncnc65)O[C@@H]4COP(=O)(S)O[C@H]2C3O)c(=O)[nH]1.Cc1nc2c(ccn2[C@@H]2O[C@@H]3COP(O)(=S)O[C@@H]4C(O)[C@H](n5cnc6c(N)ncnc65)O[C@@H]4COP(O)(=S)O[C@H]2C3O)c(=O)[nH]1.Cc1nc2c(ccn2[C@@H]2O[C@@H]3COP(O)(=S)O[C@@H]4C(O)[C@H](n5cnc6c(N)ncnc65)O[C@@H]4COP(O)(=S)O[C@H]2C3O)c(=O)[nH]1. The average molecular weight is 2110 g/mol. The zero-order valence-electron chi connectivity index (χ0n) is 68.9. The first-order chi connectivity index (χ1) is 63.9. The molecule has 0 spiro atoms. The zero-order valence-corrected chi connectivity index (χ0v) is 79.2. The number of ether oxygens (including phenoxy) is 6. The Morgan fingerprint density at radius 3 is 0.889 bits per heavy atom. The number of aromatic nitrogens is 21. The number of thiol groups is 1. The van der Waals surface area contributed by atoms with Crippen LogP contribution in [0.3, 0.4) is 0 Å². The first kappa shape index (κ1) is 96.8. The van der Waals surface area contributed by atoms with Gasteiger partial charge in [-0.05, 0) is 98.0 Å². The summed E-state index contributed by atoms with van der Waals surface area (Å²) in [6.45, 7) is -23.4. The van der Waals surface area contributed by atoms with Crippen LogP contribution in [0.1, 0.15) is 54.8 Å². The molecule has 57 nitrogen and oxygen atoms in total. The van der Waals surface area contributed by atoms with E-state index in [1.807, 2.05) is 0 Å². The highest BCUT2D eigenvalue weighted by atomic mass is 32.7. The van der Waals surface area contributed by atoms with Gasteiger partial charge in [-0.25, -0.2) is 64.4 Å². The van der Waals surface area contributed by atoms with Crippen LogP contribution in [0.25, 0.3) is 66.6 Å². The van der Waals surface area contributed by atoms with E-state index in [9.17, 15) is 74.1 Å². The summed E-state index contributed by atoms with van der Waals surface area (Å²) in [5, 5.41) is 68.2. The van der Waals surface area contributed by atoms with Crippen molar-refractivity contribution in [2.45, 2.75) is 168 Å². The van der Waals surface area contributed by atoms with E-state index < -0.39 is 244 Å². The third-order valence-electron chi connectivity index (χ3n) is 22.7. The van der Waals surface area contributed by atoms with E-state index in [1.165, 1.54) is 102 Å². The van der Waals surface area contributed by atoms with Crippen molar-refractivity contribution < 1.29 is 142 Å². The van der Waals surface area contributed by atoms with E-state index in [4.69, 9.17) is 159 Å². The maximum absolute atomic E-state index is 13.6. The smallest absolute Gasteiger partial charge is 0.386 e. The summed E-state index contributed by atoms with van der Waals surface area (Å²) in [5.41, 5.74) is 18.6. The first-order valence-electron chi connectivity index (χ1n) is 39.9. The minimum atomic E-state index is -4.32. The van der Waals surface area contributed by atoms with Crippen molar-refractivity contribution in [2.75, 3.05) is 56.8 Å². The van der Waals surface area contributed by atoms with Gasteiger partial charge >= 0.3 is 40.4 Å². The molecule has 9 saturated heterocycles.